The third-order valence-electron chi connectivity index (χ3n) is 5.56. The predicted molar refractivity (Wildman–Crippen MR) is 119 cm³/mol. The van der Waals surface area contributed by atoms with Gasteiger partial charge in [0.25, 0.3) is 11.9 Å². The molecule has 0 aliphatic carbocycles. The number of ether oxygens (including phenoxy) is 1. The number of nitrogens with zero attached hydrogens (tertiary/aromatic N) is 3. The van der Waals surface area contributed by atoms with Crippen LogP contribution in [0.1, 0.15) is 38.4 Å². The van der Waals surface area contributed by atoms with Crippen molar-refractivity contribution in [3.8, 4) is 10.6 Å². The van der Waals surface area contributed by atoms with Crippen molar-refractivity contribution in [2.75, 3.05) is 31.1 Å². The van der Waals surface area contributed by atoms with Crippen LogP contribution in [0.2, 0.25) is 0 Å². The van der Waals surface area contributed by atoms with Gasteiger partial charge in [-0.05, 0) is 32.4 Å². The van der Waals surface area contributed by atoms with Crippen molar-refractivity contribution in [3.63, 3.8) is 0 Å². The van der Waals surface area contributed by atoms with E-state index in [1.54, 1.807) is 11.6 Å². The first-order valence-electron chi connectivity index (χ1n) is 10.9. The second kappa shape index (κ2) is 9.74. The van der Waals surface area contributed by atoms with Crippen LogP contribution < -0.4 is 10.2 Å². The lowest BCUT2D eigenvalue weighted by molar-refractivity contribution is -0.237. The molecule has 0 amide bonds. The van der Waals surface area contributed by atoms with Gasteiger partial charge in [-0.15, -0.1) is 11.3 Å². The molecule has 2 unspecified atom stereocenters. The number of aromatic nitrogens is 2. The molecule has 0 spiro atoms. The van der Waals surface area contributed by atoms with E-state index in [9.17, 15) is 22.0 Å². The first-order chi connectivity index (χ1) is 16.1. The molecule has 1 fully saturated rings. The SMILES string of the molecule is CCN(CC1CCCN1)c1nc2c(C(OCC(C)(F)F)C(F)(F)F)ccc(-c3nccs3)c2o1. The Hall–Kier alpha value is -2.31. The average Bonchev–Trinajstić information content (AvgIpc) is 3.51. The van der Waals surface area contributed by atoms with Gasteiger partial charge in [0.2, 0.25) is 0 Å². The van der Waals surface area contributed by atoms with E-state index in [-0.39, 0.29) is 28.7 Å². The average molecular weight is 505 g/mol. The van der Waals surface area contributed by atoms with E-state index >= 15 is 0 Å². The lowest BCUT2D eigenvalue weighted by atomic mass is 10.0. The Morgan fingerprint density at radius 3 is 2.68 bits per heavy atom. The van der Waals surface area contributed by atoms with Gasteiger partial charge in [0.1, 0.15) is 17.1 Å². The summed E-state index contributed by atoms with van der Waals surface area (Å²) in [6, 6.07) is 3.02. The molecule has 1 aromatic carbocycles. The van der Waals surface area contributed by atoms with Crippen LogP contribution in [-0.4, -0.2) is 54.3 Å². The highest BCUT2D eigenvalue weighted by atomic mass is 32.1. The topological polar surface area (TPSA) is 63.4 Å². The summed E-state index contributed by atoms with van der Waals surface area (Å²) in [5.41, 5.74) is 0.130. The first-order valence-corrected chi connectivity index (χ1v) is 11.8. The third kappa shape index (κ3) is 5.49. The van der Waals surface area contributed by atoms with Gasteiger partial charge < -0.3 is 19.4 Å². The van der Waals surface area contributed by atoms with Gasteiger partial charge in [0.05, 0.1) is 5.56 Å². The third-order valence-corrected chi connectivity index (χ3v) is 6.37. The van der Waals surface area contributed by atoms with Crippen molar-refractivity contribution in [3.05, 3.63) is 29.3 Å². The van der Waals surface area contributed by atoms with Crippen LogP contribution in [-0.2, 0) is 4.74 Å². The number of halogens is 5. The van der Waals surface area contributed by atoms with E-state index in [0.717, 1.165) is 19.4 Å². The van der Waals surface area contributed by atoms with Crippen molar-refractivity contribution < 1.29 is 31.1 Å². The fourth-order valence-electron chi connectivity index (χ4n) is 4.00. The molecule has 34 heavy (non-hydrogen) atoms. The monoisotopic (exact) mass is 504 g/mol. The largest absolute Gasteiger partial charge is 0.423 e. The molecule has 3 aromatic rings. The molecule has 3 heterocycles. The smallest absolute Gasteiger partial charge is 0.418 e. The highest BCUT2D eigenvalue weighted by Crippen LogP contribution is 2.43. The van der Waals surface area contributed by atoms with Crippen LogP contribution in [0, 0.1) is 0 Å². The molecule has 4 rings (SSSR count). The Morgan fingerprint density at radius 1 is 1.29 bits per heavy atom. The summed E-state index contributed by atoms with van der Waals surface area (Å²) >= 11 is 1.30. The Bertz CT molecular complexity index is 1090. The molecule has 1 saturated heterocycles. The molecule has 1 aliphatic heterocycles. The minimum atomic E-state index is -4.93. The predicted octanol–water partition coefficient (Wildman–Crippen LogP) is 5.80. The molecule has 12 heteroatoms. The van der Waals surface area contributed by atoms with Crippen molar-refractivity contribution in [1.29, 1.82) is 0 Å². The van der Waals surface area contributed by atoms with Gasteiger partial charge >= 0.3 is 6.18 Å². The lowest BCUT2D eigenvalue weighted by Crippen LogP contribution is -2.37. The minimum Gasteiger partial charge on any atom is -0.423 e. The number of rotatable bonds is 9. The van der Waals surface area contributed by atoms with Crippen molar-refractivity contribution in [1.82, 2.24) is 15.3 Å². The molecule has 6 nitrogen and oxygen atoms in total. The van der Waals surface area contributed by atoms with Crippen LogP contribution in [0.4, 0.5) is 28.0 Å². The number of hydrogen-bond acceptors (Lipinski definition) is 7. The number of oxazole rings is 1. The summed E-state index contributed by atoms with van der Waals surface area (Å²) in [6.07, 6.45) is -3.93. The maximum atomic E-state index is 13.9. The summed E-state index contributed by atoms with van der Waals surface area (Å²) in [6.45, 7) is 3.02. The number of nitrogens with one attached hydrogen (secondary N) is 1. The summed E-state index contributed by atoms with van der Waals surface area (Å²) in [5.74, 6) is -3.42. The molecule has 0 bridgehead atoms. The minimum absolute atomic E-state index is 0.0812. The van der Waals surface area contributed by atoms with E-state index in [1.165, 1.54) is 23.5 Å². The zero-order valence-electron chi connectivity index (χ0n) is 18.7. The fraction of sp³-hybridized carbons (Fsp3) is 0.545. The van der Waals surface area contributed by atoms with Gasteiger partial charge in [0, 0.05) is 43.2 Å². The zero-order chi connectivity index (χ0) is 24.5. The Labute approximate surface area is 197 Å². The number of fused-ring (bicyclic) bond motifs is 1. The van der Waals surface area contributed by atoms with Gasteiger partial charge in [0.15, 0.2) is 11.7 Å². The molecule has 2 atom stereocenters. The first kappa shape index (κ1) is 24.8. The number of alkyl halides is 5. The number of anilines is 1. The number of benzene rings is 1. The molecule has 1 aliphatic rings. The molecule has 0 radical (unpaired) electrons. The molecular formula is C22H25F5N4O2S. The van der Waals surface area contributed by atoms with Crippen molar-refractivity contribution >= 4 is 28.5 Å². The van der Waals surface area contributed by atoms with E-state index < -0.39 is 24.8 Å². The summed E-state index contributed by atoms with van der Waals surface area (Å²) in [5, 5.41) is 5.66. The molecule has 186 valence electrons. The second-order valence-electron chi connectivity index (χ2n) is 8.35. The van der Waals surface area contributed by atoms with Gasteiger partial charge in [-0.2, -0.15) is 18.2 Å². The van der Waals surface area contributed by atoms with E-state index in [0.29, 0.717) is 30.6 Å². The number of hydrogen-bond donors (Lipinski definition) is 1. The Kier molecular flexibility index (Phi) is 7.11. The molecule has 0 saturated carbocycles. The number of thiazole rings is 1. The van der Waals surface area contributed by atoms with Crippen LogP contribution in [0.3, 0.4) is 0 Å². The molecule has 2 aromatic heterocycles. The van der Waals surface area contributed by atoms with Crippen molar-refractivity contribution in [2.45, 2.75) is 50.9 Å². The van der Waals surface area contributed by atoms with Gasteiger partial charge in [-0.3, -0.25) is 0 Å². The zero-order valence-corrected chi connectivity index (χ0v) is 19.5. The molecule has 1 N–H and O–H groups in total. The van der Waals surface area contributed by atoms with E-state index in [4.69, 9.17) is 9.15 Å². The van der Waals surface area contributed by atoms with Crippen molar-refractivity contribution in [2.24, 2.45) is 0 Å². The van der Waals surface area contributed by atoms with Gasteiger partial charge in [-0.25, -0.2) is 13.8 Å². The second-order valence-corrected chi connectivity index (χ2v) is 9.24. The summed E-state index contributed by atoms with van der Waals surface area (Å²) < 4.78 is 79.2. The van der Waals surface area contributed by atoms with Crippen LogP contribution in [0.15, 0.2) is 28.1 Å². The quantitative estimate of drug-likeness (QED) is 0.372. The van der Waals surface area contributed by atoms with E-state index in [1.807, 2.05) is 11.8 Å². The normalized spacial score (nSPS) is 18.0. The van der Waals surface area contributed by atoms with Gasteiger partial charge in [-0.1, -0.05) is 6.07 Å². The summed E-state index contributed by atoms with van der Waals surface area (Å²) in [4.78, 5) is 10.5. The fourth-order valence-corrected chi connectivity index (χ4v) is 4.66. The highest BCUT2D eigenvalue weighted by molar-refractivity contribution is 7.13. The Morgan fingerprint density at radius 2 is 2.09 bits per heavy atom. The lowest BCUT2D eigenvalue weighted by Gasteiger charge is -2.23. The number of likely N-dealkylation sites (N-methyl/N-ethyl adjacent to an activating group) is 1. The summed E-state index contributed by atoms with van der Waals surface area (Å²) in [7, 11) is 0. The molecular weight excluding hydrogens is 479 g/mol. The van der Waals surface area contributed by atoms with Crippen LogP contribution >= 0.6 is 11.3 Å². The van der Waals surface area contributed by atoms with Crippen LogP contribution in [0.5, 0.6) is 0 Å². The standard InChI is InChI=1S/C22H25F5N4O2S/c1-3-31(11-13-5-4-8-28-13)20-30-16-14(18(22(25,26)27)32-12-21(2,23)24)6-7-15(17(16)33-20)19-29-9-10-34-19/h6-7,9-10,13,18,28H,3-5,8,11-12H2,1-2H3. The maximum absolute atomic E-state index is 13.9. The van der Waals surface area contributed by atoms with E-state index in [2.05, 4.69) is 15.3 Å². The maximum Gasteiger partial charge on any atom is 0.418 e. The highest BCUT2D eigenvalue weighted by Gasteiger charge is 2.45. The van der Waals surface area contributed by atoms with Crippen LogP contribution in [0.25, 0.3) is 21.7 Å². The Balaban J connectivity index is 1.81.